The Balaban J connectivity index is 1.40. The average molecular weight is 348 g/mol. The fraction of sp³-hybridized carbons (Fsp3) is 0.588. The van der Waals surface area contributed by atoms with Gasteiger partial charge in [0.25, 0.3) is 6.01 Å². The molecule has 2 atom stereocenters. The molecule has 0 saturated carbocycles. The summed E-state index contributed by atoms with van der Waals surface area (Å²) >= 11 is 0. The van der Waals surface area contributed by atoms with E-state index in [1.807, 2.05) is 24.0 Å². The molecule has 4 heterocycles. The number of nitrogens with zero attached hydrogens (tertiary/aromatic N) is 4. The van der Waals surface area contributed by atoms with Crippen molar-refractivity contribution < 1.29 is 18.7 Å². The number of carbonyl (C=O) groups excluding carboxylic acids is 1. The molecule has 0 spiro atoms. The van der Waals surface area contributed by atoms with Gasteiger partial charge in [-0.25, -0.2) is 9.37 Å². The van der Waals surface area contributed by atoms with Crippen molar-refractivity contribution >= 4 is 23.2 Å². The summed E-state index contributed by atoms with van der Waals surface area (Å²) in [6, 6.07) is 4.26. The summed E-state index contributed by atoms with van der Waals surface area (Å²) < 4.78 is 19.2. The summed E-state index contributed by atoms with van der Waals surface area (Å²) in [5.74, 6) is -0.202. The molecule has 2 aromatic rings. The van der Waals surface area contributed by atoms with Crippen LogP contribution >= 0.6 is 0 Å². The lowest BCUT2D eigenvalue weighted by atomic mass is 9.95. The van der Waals surface area contributed by atoms with Crippen molar-refractivity contribution in [2.75, 3.05) is 31.1 Å². The standard InChI is InChI=1S/C17H21FN4O3/c1-10-2-3-14-15(19-10)20-17(25-14)21-6-4-11(5-7-21)16(24)22-8-12(18)13(23)9-22/h2-3,11-13,23H,4-9H2,1H3/t12-,13-/m1/s1. The van der Waals surface area contributed by atoms with Crippen molar-refractivity contribution in [3.05, 3.63) is 17.8 Å². The summed E-state index contributed by atoms with van der Waals surface area (Å²) in [7, 11) is 0. The molecule has 0 aromatic carbocycles. The second-order valence-corrected chi connectivity index (χ2v) is 6.86. The summed E-state index contributed by atoms with van der Waals surface area (Å²) in [5, 5.41) is 9.49. The molecular formula is C17H21FN4O3. The molecule has 7 nitrogen and oxygen atoms in total. The first-order chi connectivity index (χ1) is 12.0. The first kappa shape index (κ1) is 16.3. The van der Waals surface area contributed by atoms with Gasteiger partial charge in [-0.2, -0.15) is 4.98 Å². The summed E-state index contributed by atoms with van der Waals surface area (Å²) in [4.78, 5) is 24.7. The number of carbonyl (C=O) groups is 1. The number of aliphatic hydroxyl groups excluding tert-OH is 1. The van der Waals surface area contributed by atoms with E-state index in [1.165, 1.54) is 4.90 Å². The number of amides is 1. The van der Waals surface area contributed by atoms with E-state index in [0.29, 0.717) is 43.2 Å². The highest BCUT2D eigenvalue weighted by Crippen LogP contribution is 2.28. The van der Waals surface area contributed by atoms with Gasteiger partial charge in [0.1, 0.15) is 12.3 Å². The third-order valence-corrected chi connectivity index (χ3v) is 5.03. The molecular weight excluding hydrogens is 327 g/mol. The molecule has 4 rings (SSSR count). The number of pyridine rings is 1. The number of piperidine rings is 1. The van der Waals surface area contributed by atoms with Gasteiger partial charge >= 0.3 is 0 Å². The molecule has 2 aromatic heterocycles. The Kier molecular flexibility index (Phi) is 4.07. The maximum atomic E-state index is 13.4. The molecule has 134 valence electrons. The van der Waals surface area contributed by atoms with Crippen LogP contribution < -0.4 is 4.90 Å². The SMILES string of the molecule is Cc1ccc2oc(N3CCC(C(=O)N4C[C@@H](O)[C@H](F)C4)CC3)nc2n1. The van der Waals surface area contributed by atoms with Gasteiger partial charge in [0.2, 0.25) is 11.6 Å². The normalized spacial score (nSPS) is 25.1. The summed E-state index contributed by atoms with van der Waals surface area (Å²) in [5.41, 5.74) is 2.13. The van der Waals surface area contributed by atoms with Crippen LogP contribution in [-0.2, 0) is 4.79 Å². The van der Waals surface area contributed by atoms with E-state index < -0.39 is 12.3 Å². The molecule has 8 heteroatoms. The molecule has 0 bridgehead atoms. The maximum absolute atomic E-state index is 13.4. The first-order valence-electron chi connectivity index (χ1n) is 8.61. The highest BCUT2D eigenvalue weighted by molar-refractivity contribution is 5.79. The van der Waals surface area contributed by atoms with Gasteiger partial charge in [0, 0.05) is 31.2 Å². The minimum Gasteiger partial charge on any atom is -0.422 e. The number of halogens is 1. The van der Waals surface area contributed by atoms with Crippen LogP contribution in [0.1, 0.15) is 18.5 Å². The molecule has 0 radical (unpaired) electrons. The lowest BCUT2D eigenvalue weighted by Gasteiger charge is -2.32. The average Bonchev–Trinajstić information content (AvgIpc) is 3.17. The third-order valence-electron chi connectivity index (χ3n) is 5.03. The van der Waals surface area contributed by atoms with Crippen molar-refractivity contribution in [3.8, 4) is 0 Å². The second kappa shape index (κ2) is 6.25. The molecule has 0 aliphatic carbocycles. The summed E-state index contributed by atoms with van der Waals surface area (Å²) in [6.07, 6.45) is -1.07. The van der Waals surface area contributed by atoms with Crippen molar-refractivity contribution in [1.29, 1.82) is 0 Å². The van der Waals surface area contributed by atoms with Gasteiger partial charge in [-0.1, -0.05) is 0 Å². The lowest BCUT2D eigenvalue weighted by Crippen LogP contribution is -2.42. The van der Waals surface area contributed by atoms with Gasteiger partial charge in [-0.05, 0) is 31.9 Å². The summed E-state index contributed by atoms with van der Waals surface area (Å²) in [6.45, 7) is 3.30. The number of likely N-dealkylation sites (tertiary alicyclic amines) is 1. The fourth-order valence-electron chi connectivity index (χ4n) is 3.54. The Bertz CT molecular complexity index is 777. The van der Waals surface area contributed by atoms with Crippen LogP contribution in [0.2, 0.25) is 0 Å². The zero-order valence-corrected chi connectivity index (χ0v) is 14.1. The quantitative estimate of drug-likeness (QED) is 0.881. The Morgan fingerprint density at radius 3 is 2.72 bits per heavy atom. The minimum atomic E-state index is -1.33. The number of hydrogen-bond acceptors (Lipinski definition) is 6. The van der Waals surface area contributed by atoms with Crippen LogP contribution in [0.5, 0.6) is 0 Å². The van der Waals surface area contributed by atoms with E-state index in [2.05, 4.69) is 9.97 Å². The van der Waals surface area contributed by atoms with Crippen LogP contribution in [-0.4, -0.2) is 64.3 Å². The van der Waals surface area contributed by atoms with E-state index in [-0.39, 0.29) is 24.9 Å². The van der Waals surface area contributed by atoms with Gasteiger partial charge in [0.05, 0.1) is 6.54 Å². The molecule has 2 aliphatic heterocycles. The number of aromatic nitrogens is 2. The van der Waals surface area contributed by atoms with Crippen LogP contribution in [0.25, 0.3) is 11.2 Å². The van der Waals surface area contributed by atoms with Crippen LogP contribution in [0.4, 0.5) is 10.4 Å². The van der Waals surface area contributed by atoms with Crippen molar-refractivity contribution in [2.24, 2.45) is 5.92 Å². The Morgan fingerprint density at radius 1 is 1.28 bits per heavy atom. The zero-order chi connectivity index (χ0) is 17.6. The molecule has 2 saturated heterocycles. The molecule has 25 heavy (non-hydrogen) atoms. The van der Waals surface area contributed by atoms with Crippen molar-refractivity contribution in [2.45, 2.75) is 32.0 Å². The number of oxazole rings is 1. The Labute approximate surface area is 144 Å². The molecule has 1 amide bonds. The molecule has 2 aliphatic rings. The predicted octanol–water partition coefficient (Wildman–Crippen LogP) is 1.29. The Morgan fingerprint density at radius 2 is 2.04 bits per heavy atom. The Hall–Kier alpha value is -2.22. The van der Waals surface area contributed by atoms with Crippen LogP contribution in [0, 0.1) is 12.8 Å². The van der Waals surface area contributed by atoms with Gasteiger partial charge in [-0.15, -0.1) is 0 Å². The van der Waals surface area contributed by atoms with Crippen LogP contribution in [0.3, 0.4) is 0 Å². The number of aliphatic hydroxyl groups is 1. The van der Waals surface area contributed by atoms with Crippen molar-refractivity contribution in [1.82, 2.24) is 14.9 Å². The maximum Gasteiger partial charge on any atom is 0.299 e. The van der Waals surface area contributed by atoms with E-state index in [4.69, 9.17) is 4.42 Å². The van der Waals surface area contributed by atoms with Crippen LogP contribution in [0.15, 0.2) is 16.5 Å². The first-order valence-corrected chi connectivity index (χ1v) is 8.61. The number of β-amino-alcohol motifs (C(OH)–C–C–N with tert-alkyl or cyclic N) is 1. The molecule has 1 N–H and O–H groups in total. The van der Waals surface area contributed by atoms with E-state index in [0.717, 1.165) is 5.69 Å². The molecule has 0 unspecified atom stereocenters. The number of anilines is 1. The van der Waals surface area contributed by atoms with Gasteiger partial charge in [-0.3, -0.25) is 4.79 Å². The smallest absolute Gasteiger partial charge is 0.299 e. The number of fused-ring (bicyclic) bond motifs is 1. The predicted molar refractivity (Wildman–Crippen MR) is 89.0 cm³/mol. The number of aryl methyl sites for hydroxylation is 1. The largest absolute Gasteiger partial charge is 0.422 e. The molecule has 2 fully saturated rings. The fourth-order valence-corrected chi connectivity index (χ4v) is 3.54. The highest BCUT2D eigenvalue weighted by atomic mass is 19.1. The van der Waals surface area contributed by atoms with Gasteiger partial charge in [0.15, 0.2) is 5.58 Å². The number of rotatable bonds is 2. The van der Waals surface area contributed by atoms with E-state index in [1.54, 1.807) is 0 Å². The lowest BCUT2D eigenvalue weighted by molar-refractivity contribution is -0.135. The number of alkyl halides is 1. The monoisotopic (exact) mass is 348 g/mol. The van der Waals surface area contributed by atoms with E-state index in [9.17, 15) is 14.3 Å². The minimum absolute atomic E-state index is 0.00361. The topological polar surface area (TPSA) is 82.7 Å². The number of hydrogen-bond donors (Lipinski definition) is 1. The highest BCUT2D eigenvalue weighted by Gasteiger charge is 2.37. The van der Waals surface area contributed by atoms with E-state index >= 15 is 0 Å². The zero-order valence-electron chi connectivity index (χ0n) is 14.1. The third kappa shape index (κ3) is 3.06. The van der Waals surface area contributed by atoms with Crippen molar-refractivity contribution in [3.63, 3.8) is 0 Å². The van der Waals surface area contributed by atoms with Gasteiger partial charge < -0.3 is 19.3 Å². The second-order valence-electron chi connectivity index (χ2n) is 6.86.